The molecule has 1 aromatic carbocycles. The molecule has 2 heterocycles. The van der Waals surface area contributed by atoms with Crippen LogP contribution in [0, 0.1) is 0 Å². The Balaban J connectivity index is 1.71. The van der Waals surface area contributed by atoms with Crippen LogP contribution < -0.4 is 5.32 Å². The molecule has 1 spiro atoms. The lowest BCUT2D eigenvalue weighted by atomic mass is 9.89. The molecular formula is C22H30N2O6. The summed E-state index contributed by atoms with van der Waals surface area (Å²) < 4.78 is 5.60. The van der Waals surface area contributed by atoms with E-state index in [-0.39, 0.29) is 5.91 Å². The van der Waals surface area contributed by atoms with Crippen LogP contribution >= 0.6 is 0 Å². The van der Waals surface area contributed by atoms with Gasteiger partial charge in [-0.15, -0.1) is 0 Å². The average molecular weight is 418 g/mol. The second-order valence-electron chi connectivity index (χ2n) is 8.28. The standard InChI is InChI=1S/C22H30N2O6/c1-15(23-17(20(26)27)9-8-16-6-3-2-4-7-16)19(25)24-18(21(28)29)10-12-22(24)11-5-13-30-14-22/h2-4,6-7,15,17-18,23H,5,8-14H2,1H3,(H,26,27)(H,28,29)/t15-,17?,18?,22?/m0/s1. The van der Waals surface area contributed by atoms with E-state index in [1.165, 1.54) is 4.90 Å². The summed E-state index contributed by atoms with van der Waals surface area (Å²) in [6.07, 6.45) is 3.32. The number of carboxylic acid groups (broad SMARTS) is 2. The zero-order valence-corrected chi connectivity index (χ0v) is 17.3. The topological polar surface area (TPSA) is 116 Å². The van der Waals surface area contributed by atoms with Gasteiger partial charge in [0.2, 0.25) is 5.91 Å². The molecule has 8 heteroatoms. The Bertz CT molecular complexity index is 762. The molecule has 164 valence electrons. The molecule has 3 unspecified atom stereocenters. The Labute approximate surface area is 176 Å². The number of hydrogen-bond donors (Lipinski definition) is 3. The van der Waals surface area contributed by atoms with Gasteiger partial charge in [0.1, 0.15) is 12.1 Å². The van der Waals surface area contributed by atoms with Crippen molar-refractivity contribution in [3.05, 3.63) is 35.9 Å². The van der Waals surface area contributed by atoms with Crippen molar-refractivity contribution in [2.24, 2.45) is 0 Å². The predicted molar refractivity (Wildman–Crippen MR) is 109 cm³/mol. The summed E-state index contributed by atoms with van der Waals surface area (Å²) in [6, 6.07) is 6.93. The number of rotatable bonds is 8. The fraction of sp³-hybridized carbons (Fsp3) is 0.591. The lowest BCUT2D eigenvalue weighted by Crippen LogP contribution is -2.61. The Morgan fingerprint density at radius 2 is 1.97 bits per heavy atom. The first-order valence-corrected chi connectivity index (χ1v) is 10.5. The van der Waals surface area contributed by atoms with E-state index in [2.05, 4.69) is 5.32 Å². The lowest BCUT2D eigenvalue weighted by Gasteiger charge is -2.43. The van der Waals surface area contributed by atoms with Crippen molar-refractivity contribution in [3.63, 3.8) is 0 Å². The molecule has 1 aromatic rings. The summed E-state index contributed by atoms with van der Waals surface area (Å²) in [7, 11) is 0. The molecule has 0 saturated carbocycles. The maximum absolute atomic E-state index is 13.3. The third-order valence-electron chi connectivity index (χ3n) is 6.21. The molecule has 3 rings (SSSR count). The van der Waals surface area contributed by atoms with Crippen LogP contribution in [0.2, 0.25) is 0 Å². The number of amides is 1. The highest BCUT2D eigenvalue weighted by molar-refractivity contribution is 5.89. The van der Waals surface area contributed by atoms with Gasteiger partial charge in [-0.2, -0.15) is 0 Å². The second kappa shape index (κ2) is 9.57. The Hall–Kier alpha value is -2.45. The van der Waals surface area contributed by atoms with Crippen LogP contribution in [0.3, 0.4) is 0 Å². The zero-order valence-electron chi connectivity index (χ0n) is 17.3. The summed E-state index contributed by atoms with van der Waals surface area (Å²) >= 11 is 0. The van der Waals surface area contributed by atoms with Crippen LogP contribution in [0.5, 0.6) is 0 Å². The Morgan fingerprint density at radius 1 is 1.23 bits per heavy atom. The van der Waals surface area contributed by atoms with Crippen LogP contribution in [-0.4, -0.2) is 69.8 Å². The van der Waals surface area contributed by atoms with Crippen molar-refractivity contribution in [2.45, 2.75) is 69.1 Å². The van der Waals surface area contributed by atoms with Gasteiger partial charge in [0.05, 0.1) is 18.2 Å². The number of carboxylic acids is 2. The number of carbonyl (C=O) groups excluding carboxylic acids is 1. The minimum Gasteiger partial charge on any atom is -0.480 e. The van der Waals surface area contributed by atoms with E-state index in [0.29, 0.717) is 45.3 Å². The molecular weight excluding hydrogens is 388 g/mol. The first kappa shape index (κ1) is 22.2. The molecule has 0 radical (unpaired) electrons. The monoisotopic (exact) mass is 418 g/mol. The average Bonchev–Trinajstić information content (AvgIpc) is 3.09. The van der Waals surface area contributed by atoms with Gasteiger partial charge in [0, 0.05) is 6.61 Å². The van der Waals surface area contributed by atoms with Gasteiger partial charge in [-0.3, -0.25) is 14.9 Å². The number of carbonyl (C=O) groups is 3. The fourth-order valence-corrected chi connectivity index (χ4v) is 4.65. The molecule has 2 aliphatic heterocycles. The maximum Gasteiger partial charge on any atom is 0.326 e. The summed E-state index contributed by atoms with van der Waals surface area (Å²) in [5, 5.41) is 22.2. The first-order valence-electron chi connectivity index (χ1n) is 10.5. The number of benzene rings is 1. The second-order valence-corrected chi connectivity index (χ2v) is 8.28. The number of ether oxygens (including phenoxy) is 1. The normalized spacial score (nSPS) is 25.8. The zero-order chi connectivity index (χ0) is 21.7. The molecule has 1 amide bonds. The molecule has 4 atom stereocenters. The van der Waals surface area contributed by atoms with Crippen LogP contribution in [0.15, 0.2) is 30.3 Å². The van der Waals surface area contributed by atoms with Crippen LogP contribution in [0.4, 0.5) is 0 Å². The van der Waals surface area contributed by atoms with Crippen molar-refractivity contribution < 1.29 is 29.3 Å². The van der Waals surface area contributed by atoms with Crippen LogP contribution in [-0.2, 0) is 25.5 Å². The third-order valence-corrected chi connectivity index (χ3v) is 6.21. The molecule has 30 heavy (non-hydrogen) atoms. The van der Waals surface area contributed by atoms with Crippen molar-refractivity contribution in [3.8, 4) is 0 Å². The van der Waals surface area contributed by atoms with Crippen molar-refractivity contribution in [2.75, 3.05) is 13.2 Å². The van der Waals surface area contributed by atoms with Crippen LogP contribution in [0.1, 0.15) is 44.6 Å². The lowest BCUT2D eigenvalue weighted by molar-refractivity contribution is -0.157. The van der Waals surface area contributed by atoms with Gasteiger partial charge in [-0.1, -0.05) is 30.3 Å². The van der Waals surface area contributed by atoms with E-state index >= 15 is 0 Å². The highest BCUT2D eigenvalue weighted by atomic mass is 16.5. The molecule has 2 fully saturated rings. The molecule has 2 aliphatic rings. The smallest absolute Gasteiger partial charge is 0.326 e. The van der Waals surface area contributed by atoms with E-state index < -0.39 is 35.6 Å². The molecule has 2 saturated heterocycles. The van der Waals surface area contributed by atoms with Crippen molar-refractivity contribution in [1.82, 2.24) is 10.2 Å². The highest BCUT2D eigenvalue weighted by Crippen LogP contribution is 2.40. The minimum absolute atomic E-state index is 0.325. The Morgan fingerprint density at radius 3 is 2.57 bits per heavy atom. The first-order chi connectivity index (χ1) is 14.3. The van der Waals surface area contributed by atoms with Gasteiger partial charge in [0.15, 0.2) is 0 Å². The van der Waals surface area contributed by atoms with E-state index in [1.807, 2.05) is 30.3 Å². The third kappa shape index (κ3) is 4.82. The highest BCUT2D eigenvalue weighted by Gasteiger charge is 2.53. The predicted octanol–water partition coefficient (Wildman–Crippen LogP) is 1.68. The van der Waals surface area contributed by atoms with E-state index in [1.54, 1.807) is 6.92 Å². The number of nitrogens with one attached hydrogen (secondary N) is 1. The number of likely N-dealkylation sites (tertiary alicyclic amines) is 1. The van der Waals surface area contributed by atoms with E-state index in [0.717, 1.165) is 12.0 Å². The molecule has 8 nitrogen and oxygen atoms in total. The molecule has 0 bridgehead atoms. The maximum atomic E-state index is 13.3. The van der Waals surface area contributed by atoms with E-state index in [4.69, 9.17) is 4.74 Å². The van der Waals surface area contributed by atoms with Crippen molar-refractivity contribution >= 4 is 17.8 Å². The Kier molecular flexibility index (Phi) is 7.10. The van der Waals surface area contributed by atoms with Gasteiger partial charge < -0.3 is 19.8 Å². The number of aliphatic carboxylic acids is 2. The van der Waals surface area contributed by atoms with E-state index in [9.17, 15) is 24.6 Å². The van der Waals surface area contributed by atoms with Crippen LogP contribution in [0.25, 0.3) is 0 Å². The van der Waals surface area contributed by atoms with Gasteiger partial charge in [-0.05, 0) is 51.0 Å². The van der Waals surface area contributed by atoms with Gasteiger partial charge in [-0.25, -0.2) is 4.79 Å². The molecule has 0 aromatic heterocycles. The minimum atomic E-state index is -1.03. The number of aryl methyl sites for hydroxylation is 1. The van der Waals surface area contributed by atoms with Crippen molar-refractivity contribution in [1.29, 1.82) is 0 Å². The molecule has 0 aliphatic carbocycles. The van der Waals surface area contributed by atoms with Gasteiger partial charge in [0.25, 0.3) is 0 Å². The quantitative estimate of drug-likeness (QED) is 0.588. The molecule has 3 N–H and O–H groups in total. The fourth-order valence-electron chi connectivity index (χ4n) is 4.65. The van der Waals surface area contributed by atoms with Gasteiger partial charge >= 0.3 is 11.9 Å². The SMILES string of the molecule is C[C@H](NC(CCc1ccccc1)C(=O)O)C(=O)N1C(C(=O)O)CCC12CCCOC2. The summed E-state index contributed by atoms with van der Waals surface area (Å²) in [5.41, 5.74) is 0.408. The number of nitrogens with zero attached hydrogens (tertiary/aromatic N) is 1. The summed E-state index contributed by atoms with van der Waals surface area (Å²) in [4.78, 5) is 38.4. The largest absolute Gasteiger partial charge is 0.480 e. The number of hydrogen-bond acceptors (Lipinski definition) is 5. The summed E-state index contributed by atoms with van der Waals surface area (Å²) in [6.45, 7) is 2.54. The summed E-state index contributed by atoms with van der Waals surface area (Å²) in [5.74, 6) is -2.44.